The predicted octanol–water partition coefficient (Wildman–Crippen LogP) is -0.650. The van der Waals surface area contributed by atoms with E-state index in [1.54, 1.807) is 0 Å². The molecule has 3 heterocycles. The molecule has 0 unspecified atom stereocenters. The van der Waals surface area contributed by atoms with Gasteiger partial charge in [-0.2, -0.15) is 0 Å². The van der Waals surface area contributed by atoms with Crippen molar-refractivity contribution < 1.29 is 9.22 Å². The Bertz CT molecular complexity index is 99.2. The van der Waals surface area contributed by atoms with Gasteiger partial charge in [-0.3, -0.25) is 0 Å². The maximum atomic E-state index is 5.46. The van der Waals surface area contributed by atoms with Gasteiger partial charge < -0.3 is 0 Å². The van der Waals surface area contributed by atoms with Crippen LogP contribution in [0.5, 0.6) is 0 Å². The molecule has 1 radical (unpaired) electrons. The molecule has 0 aliphatic carbocycles. The molecule has 11 heavy (non-hydrogen) atoms. The van der Waals surface area contributed by atoms with E-state index in [4.69, 9.17) is 9.22 Å². The van der Waals surface area contributed by atoms with Crippen LogP contribution in [0.3, 0.4) is 0 Å². The Hall–Kier alpha value is 0.639. The first-order valence-electron chi connectivity index (χ1n) is 3.93. The maximum absolute atomic E-state index is 5.46. The van der Waals surface area contributed by atoms with E-state index in [9.17, 15) is 0 Å². The zero-order valence-electron chi connectivity index (χ0n) is 6.41. The molecule has 3 aliphatic rings. The van der Waals surface area contributed by atoms with Crippen LogP contribution in [0.15, 0.2) is 0 Å². The van der Waals surface area contributed by atoms with Crippen molar-refractivity contribution in [2.45, 2.75) is 0 Å². The number of rotatable bonds is 0. The van der Waals surface area contributed by atoms with Gasteiger partial charge in [-0.25, -0.2) is 0 Å². The molecule has 3 saturated heterocycles. The topological polar surface area (TPSA) is 30.9 Å². The van der Waals surface area contributed by atoms with Crippen LogP contribution in [0.25, 0.3) is 0 Å². The summed E-state index contributed by atoms with van der Waals surface area (Å²) in [7, 11) is 0. The van der Waals surface area contributed by atoms with Crippen LogP contribution in [0.1, 0.15) is 0 Å². The minimum absolute atomic E-state index is 0.800. The van der Waals surface area contributed by atoms with Crippen LogP contribution in [0, 0.1) is 0 Å². The molecule has 3 fully saturated rings. The first kappa shape index (κ1) is 8.25. The number of nitrogens with zero attached hydrogens (tertiary/aromatic N) is 1. The van der Waals surface area contributed by atoms with Crippen molar-refractivity contribution in [3.8, 4) is 0 Å². The van der Waals surface area contributed by atoms with Crippen LogP contribution in [0.4, 0.5) is 0 Å². The molecule has 0 aromatic heterocycles. The molecule has 5 heteroatoms. The fraction of sp³-hybridized carbons (Fsp3) is 1.00. The van der Waals surface area contributed by atoms with E-state index in [1.807, 2.05) is 0 Å². The fourth-order valence-corrected chi connectivity index (χ4v) is 4.16. The van der Waals surface area contributed by atoms with E-state index in [1.165, 1.54) is 0 Å². The fourth-order valence-electron chi connectivity index (χ4n) is 1.23. The first-order chi connectivity index (χ1) is 5.45. The van der Waals surface area contributed by atoms with Crippen molar-refractivity contribution >= 4 is 21.0 Å². The van der Waals surface area contributed by atoms with Crippen molar-refractivity contribution in [2.75, 3.05) is 39.5 Å². The summed E-state index contributed by atoms with van der Waals surface area (Å²) in [5.74, 6) is 0. The third kappa shape index (κ3) is 2.29. The van der Waals surface area contributed by atoms with Crippen molar-refractivity contribution in [1.82, 2.24) is 4.90 Å². The van der Waals surface area contributed by atoms with E-state index in [2.05, 4.69) is 4.90 Å². The molecule has 0 aromatic rings. The zero-order valence-corrected chi connectivity index (χ0v) is 9.27. The van der Waals surface area contributed by atoms with Crippen molar-refractivity contribution in [2.24, 2.45) is 0 Å². The summed E-state index contributed by atoms with van der Waals surface area (Å²) in [5.41, 5.74) is 0. The number of hydrogen-bond acceptors (Lipinski definition) is 4. The average Bonchev–Trinajstić information content (AvgIpc) is 1.80. The van der Waals surface area contributed by atoms with Gasteiger partial charge in [0.1, 0.15) is 0 Å². The van der Waals surface area contributed by atoms with Gasteiger partial charge in [0.2, 0.25) is 0 Å². The molecular formula is C6H12NO3Sn. The molecule has 2 bridgehead atoms. The van der Waals surface area contributed by atoms with Crippen LogP contribution in [-0.4, -0.2) is 65.4 Å². The van der Waals surface area contributed by atoms with Crippen LogP contribution < -0.4 is 0 Å². The van der Waals surface area contributed by atoms with E-state index in [0.29, 0.717) is 0 Å². The number of fused-ring (bicyclic) bond motifs is 6. The molecule has 0 N–H and O–H groups in total. The normalized spacial score (nSPS) is 29.5. The van der Waals surface area contributed by atoms with Gasteiger partial charge in [-0.15, -0.1) is 0 Å². The molecule has 0 aromatic carbocycles. The van der Waals surface area contributed by atoms with Gasteiger partial charge >= 0.3 is 74.6 Å². The Balaban J connectivity index is 1.96. The van der Waals surface area contributed by atoms with Crippen molar-refractivity contribution in [3.05, 3.63) is 0 Å². The summed E-state index contributed by atoms with van der Waals surface area (Å²) in [6, 6.07) is 0. The second-order valence-corrected chi connectivity index (χ2v) is 6.54. The summed E-state index contributed by atoms with van der Waals surface area (Å²) < 4.78 is 16.4. The SMILES string of the molecule is C1CN2CC[O][Sn]([O]1)[O]CC2. The quantitative estimate of drug-likeness (QED) is 0.544. The molecule has 0 saturated carbocycles. The Morgan fingerprint density at radius 1 is 0.818 bits per heavy atom. The Labute approximate surface area is 74.8 Å². The van der Waals surface area contributed by atoms with E-state index >= 15 is 0 Å². The van der Waals surface area contributed by atoms with Gasteiger partial charge in [-0.05, 0) is 0 Å². The third-order valence-corrected chi connectivity index (χ3v) is 5.65. The second-order valence-electron chi connectivity index (χ2n) is 2.64. The van der Waals surface area contributed by atoms with Gasteiger partial charge in [0, 0.05) is 0 Å². The molecule has 0 atom stereocenters. The zero-order chi connectivity index (χ0) is 7.52. The minimum atomic E-state index is -2.22. The van der Waals surface area contributed by atoms with Crippen LogP contribution >= 0.6 is 0 Å². The van der Waals surface area contributed by atoms with E-state index in [0.717, 1.165) is 39.5 Å². The van der Waals surface area contributed by atoms with Crippen molar-refractivity contribution in [1.29, 1.82) is 0 Å². The summed E-state index contributed by atoms with van der Waals surface area (Å²) in [4.78, 5) is 2.32. The van der Waals surface area contributed by atoms with Gasteiger partial charge in [-0.1, -0.05) is 0 Å². The summed E-state index contributed by atoms with van der Waals surface area (Å²) in [5, 5.41) is 0. The van der Waals surface area contributed by atoms with Crippen LogP contribution in [-0.2, 0) is 9.22 Å². The predicted molar refractivity (Wildman–Crippen MR) is 40.1 cm³/mol. The Morgan fingerprint density at radius 3 is 1.73 bits per heavy atom. The summed E-state index contributed by atoms with van der Waals surface area (Å²) >= 11 is -2.22. The molecule has 0 amide bonds. The second kappa shape index (κ2) is 4.04. The molecule has 4 nitrogen and oxygen atoms in total. The number of hydrogen-bond donors (Lipinski definition) is 0. The molecular weight excluding hydrogens is 253 g/mol. The first-order valence-corrected chi connectivity index (χ1v) is 7.42. The Kier molecular flexibility index (Phi) is 3.03. The molecule has 63 valence electrons. The van der Waals surface area contributed by atoms with Gasteiger partial charge in [0.15, 0.2) is 0 Å². The van der Waals surface area contributed by atoms with E-state index in [-0.39, 0.29) is 0 Å². The molecule has 0 spiro atoms. The van der Waals surface area contributed by atoms with Gasteiger partial charge in [0.05, 0.1) is 0 Å². The molecule has 3 rings (SSSR count). The third-order valence-electron chi connectivity index (χ3n) is 1.88. The standard InChI is InChI=1S/C6H12NO3.Sn/c8-4-1-7(2-5-9)3-6-10;/h1-6H2;/q-3;+3. The Morgan fingerprint density at radius 2 is 1.27 bits per heavy atom. The summed E-state index contributed by atoms with van der Waals surface area (Å²) in [6.07, 6.45) is 0. The van der Waals surface area contributed by atoms with E-state index < -0.39 is 21.0 Å². The monoisotopic (exact) mass is 266 g/mol. The average molecular weight is 265 g/mol. The van der Waals surface area contributed by atoms with Crippen LogP contribution in [0.2, 0.25) is 0 Å². The molecule has 3 aliphatic heterocycles. The van der Waals surface area contributed by atoms with Gasteiger partial charge in [0.25, 0.3) is 0 Å². The van der Waals surface area contributed by atoms with Crippen molar-refractivity contribution in [3.63, 3.8) is 0 Å². The summed E-state index contributed by atoms with van der Waals surface area (Å²) in [6.45, 7) is 5.56.